The monoisotopic (exact) mass is 474 g/mol. The molecule has 0 unspecified atom stereocenters. The molecule has 0 radical (unpaired) electrons. The minimum absolute atomic E-state index is 0.0699. The highest BCUT2D eigenvalue weighted by Crippen LogP contribution is 2.25. The SMILES string of the molecule is CCOC(=O)c1cc(NC(=O)C2CCN(Cc3nc(-c4cccs4)no3)CC2)ccc1Cl. The summed E-state index contributed by atoms with van der Waals surface area (Å²) in [6.07, 6.45) is 1.44. The van der Waals surface area contributed by atoms with Crippen LogP contribution in [0.15, 0.2) is 40.2 Å². The number of ether oxygens (including phenoxy) is 1. The molecule has 3 aromatic rings. The van der Waals surface area contributed by atoms with Crippen LogP contribution in [-0.4, -0.2) is 46.6 Å². The van der Waals surface area contributed by atoms with Crippen LogP contribution in [0.1, 0.15) is 36.0 Å². The molecule has 1 aliphatic rings. The van der Waals surface area contributed by atoms with Gasteiger partial charge < -0.3 is 14.6 Å². The minimum atomic E-state index is -0.509. The van der Waals surface area contributed by atoms with Gasteiger partial charge in [0.1, 0.15) is 0 Å². The summed E-state index contributed by atoms with van der Waals surface area (Å²) in [5.41, 5.74) is 0.763. The Balaban J connectivity index is 1.29. The van der Waals surface area contributed by atoms with Gasteiger partial charge in [-0.3, -0.25) is 9.69 Å². The van der Waals surface area contributed by atoms with Crippen molar-refractivity contribution in [2.24, 2.45) is 5.92 Å². The Bertz CT molecular complexity index is 1080. The van der Waals surface area contributed by atoms with Crippen molar-refractivity contribution in [3.63, 3.8) is 0 Å². The maximum Gasteiger partial charge on any atom is 0.339 e. The van der Waals surface area contributed by atoms with Crippen LogP contribution in [0.25, 0.3) is 10.7 Å². The first-order chi connectivity index (χ1) is 15.5. The number of hydrogen-bond donors (Lipinski definition) is 1. The van der Waals surface area contributed by atoms with E-state index < -0.39 is 5.97 Å². The number of thiophene rings is 1. The van der Waals surface area contributed by atoms with Crippen LogP contribution in [0, 0.1) is 5.92 Å². The van der Waals surface area contributed by atoms with Gasteiger partial charge in [-0.15, -0.1) is 11.3 Å². The van der Waals surface area contributed by atoms with Crippen LogP contribution in [-0.2, 0) is 16.1 Å². The second-order valence-corrected chi connectivity index (χ2v) is 8.80. The number of likely N-dealkylation sites (tertiary alicyclic amines) is 1. The van der Waals surface area contributed by atoms with Crippen LogP contribution in [0.4, 0.5) is 5.69 Å². The second kappa shape index (κ2) is 10.2. The molecule has 168 valence electrons. The number of carbonyl (C=O) groups is 2. The highest BCUT2D eigenvalue weighted by molar-refractivity contribution is 7.13. The number of anilines is 1. The third kappa shape index (κ3) is 5.35. The number of amides is 1. The van der Waals surface area contributed by atoms with Gasteiger partial charge in [0.05, 0.1) is 28.6 Å². The Morgan fingerprint density at radius 1 is 1.31 bits per heavy atom. The molecular formula is C22H23ClN4O4S. The van der Waals surface area contributed by atoms with Crippen LogP contribution in [0.5, 0.6) is 0 Å². The van der Waals surface area contributed by atoms with Crippen molar-refractivity contribution < 1.29 is 18.8 Å². The first kappa shape index (κ1) is 22.4. The Hall–Kier alpha value is -2.75. The lowest BCUT2D eigenvalue weighted by Crippen LogP contribution is -2.37. The number of halogens is 1. The molecule has 0 spiro atoms. The molecule has 10 heteroatoms. The van der Waals surface area contributed by atoms with Gasteiger partial charge in [0.2, 0.25) is 17.6 Å². The normalized spacial score (nSPS) is 14.9. The van der Waals surface area contributed by atoms with E-state index in [9.17, 15) is 9.59 Å². The van der Waals surface area contributed by atoms with Gasteiger partial charge in [-0.25, -0.2) is 4.79 Å². The van der Waals surface area contributed by atoms with Crippen LogP contribution in [0.3, 0.4) is 0 Å². The van der Waals surface area contributed by atoms with E-state index in [1.807, 2.05) is 17.5 Å². The molecule has 0 bridgehead atoms. The zero-order valence-corrected chi connectivity index (χ0v) is 19.1. The van der Waals surface area contributed by atoms with E-state index in [1.54, 1.807) is 36.5 Å². The number of hydrogen-bond acceptors (Lipinski definition) is 8. The first-order valence-electron chi connectivity index (χ1n) is 10.4. The Morgan fingerprint density at radius 3 is 2.84 bits per heavy atom. The second-order valence-electron chi connectivity index (χ2n) is 7.44. The van der Waals surface area contributed by atoms with E-state index in [0.717, 1.165) is 30.8 Å². The molecule has 2 aromatic heterocycles. The minimum Gasteiger partial charge on any atom is -0.462 e. The first-order valence-corrected chi connectivity index (χ1v) is 11.7. The number of nitrogens with zero attached hydrogens (tertiary/aromatic N) is 3. The lowest BCUT2D eigenvalue weighted by molar-refractivity contribution is -0.121. The summed E-state index contributed by atoms with van der Waals surface area (Å²) < 4.78 is 10.4. The molecule has 1 amide bonds. The molecule has 32 heavy (non-hydrogen) atoms. The summed E-state index contributed by atoms with van der Waals surface area (Å²) in [4.78, 5) is 32.4. The zero-order valence-electron chi connectivity index (χ0n) is 17.5. The largest absolute Gasteiger partial charge is 0.462 e. The quantitative estimate of drug-likeness (QED) is 0.504. The molecule has 1 N–H and O–H groups in total. The van der Waals surface area contributed by atoms with Gasteiger partial charge in [-0.05, 0) is 62.5 Å². The van der Waals surface area contributed by atoms with Crippen LogP contribution >= 0.6 is 22.9 Å². The van der Waals surface area contributed by atoms with E-state index in [2.05, 4.69) is 20.4 Å². The van der Waals surface area contributed by atoms with Gasteiger partial charge >= 0.3 is 5.97 Å². The predicted molar refractivity (Wildman–Crippen MR) is 122 cm³/mol. The molecule has 1 saturated heterocycles. The van der Waals surface area contributed by atoms with Gasteiger partial charge in [-0.1, -0.05) is 22.8 Å². The highest BCUT2D eigenvalue weighted by Gasteiger charge is 2.26. The fourth-order valence-corrected chi connectivity index (χ4v) is 4.43. The molecule has 0 saturated carbocycles. The number of aromatic nitrogens is 2. The van der Waals surface area contributed by atoms with E-state index >= 15 is 0 Å². The number of benzene rings is 1. The smallest absolute Gasteiger partial charge is 0.339 e. The summed E-state index contributed by atoms with van der Waals surface area (Å²) in [5.74, 6) is 0.487. The Kier molecular flexibility index (Phi) is 7.19. The lowest BCUT2D eigenvalue weighted by atomic mass is 9.95. The summed E-state index contributed by atoms with van der Waals surface area (Å²) in [7, 11) is 0. The van der Waals surface area contributed by atoms with Crippen molar-refractivity contribution in [2.45, 2.75) is 26.3 Å². The summed E-state index contributed by atoms with van der Waals surface area (Å²) >= 11 is 7.66. The fourth-order valence-electron chi connectivity index (χ4n) is 3.58. The molecule has 0 atom stereocenters. The van der Waals surface area contributed by atoms with E-state index in [-0.39, 0.29) is 29.0 Å². The van der Waals surface area contributed by atoms with Crippen molar-refractivity contribution in [1.82, 2.24) is 15.0 Å². The maximum atomic E-state index is 12.7. The van der Waals surface area contributed by atoms with Gasteiger partial charge in [0, 0.05) is 11.6 Å². The third-order valence-corrected chi connectivity index (χ3v) is 6.45. The van der Waals surface area contributed by atoms with Crippen molar-refractivity contribution in [3.8, 4) is 10.7 Å². The molecule has 3 heterocycles. The zero-order chi connectivity index (χ0) is 22.5. The standard InChI is InChI=1S/C22H23ClN4O4S/c1-2-30-22(29)16-12-15(5-6-17(16)23)24-21(28)14-7-9-27(10-8-14)13-19-25-20(26-31-19)18-4-3-11-32-18/h3-6,11-12,14H,2,7-10,13H2,1H3,(H,24,28). The van der Waals surface area contributed by atoms with Gasteiger partial charge in [0.25, 0.3) is 0 Å². The predicted octanol–water partition coefficient (Wildman–Crippen LogP) is 4.48. The van der Waals surface area contributed by atoms with Gasteiger partial charge in [0.15, 0.2) is 0 Å². The molecule has 1 fully saturated rings. The van der Waals surface area contributed by atoms with Crippen molar-refractivity contribution in [3.05, 3.63) is 52.2 Å². The molecule has 0 aliphatic carbocycles. The number of nitrogens with one attached hydrogen (secondary N) is 1. The Morgan fingerprint density at radius 2 is 2.12 bits per heavy atom. The topological polar surface area (TPSA) is 97.6 Å². The van der Waals surface area contributed by atoms with E-state index in [4.69, 9.17) is 20.9 Å². The molecule has 1 aromatic carbocycles. The Labute approximate surface area is 194 Å². The summed E-state index contributed by atoms with van der Waals surface area (Å²) in [5, 5.41) is 9.20. The van der Waals surface area contributed by atoms with E-state index in [0.29, 0.717) is 23.9 Å². The summed E-state index contributed by atoms with van der Waals surface area (Å²) in [6.45, 7) is 4.05. The third-order valence-electron chi connectivity index (χ3n) is 5.26. The molecule has 8 nitrogen and oxygen atoms in total. The van der Waals surface area contributed by atoms with Crippen LogP contribution < -0.4 is 5.32 Å². The van der Waals surface area contributed by atoms with Crippen molar-refractivity contribution in [2.75, 3.05) is 25.0 Å². The number of piperidine rings is 1. The number of carbonyl (C=O) groups excluding carboxylic acids is 2. The lowest BCUT2D eigenvalue weighted by Gasteiger charge is -2.30. The number of esters is 1. The summed E-state index contributed by atoms with van der Waals surface area (Å²) in [6, 6.07) is 8.72. The fraction of sp³-hybridized carbons (Fsp3) is 0.364. The molecule has 4 rings (SSSR count). The average molecular weight is 475 g/mol. The van der Waals surface area contributed by atoms with Crippen LogP contribution in [0.2, 0.25) is 5.02 Å². The highest BCUT2D eigenvalue weighted by atomic mass is 35.5. The number of rotatable bonds is 7. The molecule has 1 aliphatic heterocycles. The van der Waals surface area contributed by atoms with E-state index in [1.165, 1.54) is 0 Å². The van der Waals surface area contributed by atoms with Crippen molar-refractivity contribution in [1.29, 1.82) is 0 Å². The molecular weight excluding hydrogens is 452 g/mol. The van der Waals surface area contributed by atoms with Crippen molar-refractivity contribution >= 4 is 40.5 Å². The average Bonchev–Trinajstić information content (AvgIpc) is 3.48. The maximum absolute atomic E-state index is 12.7. The van der Waals surface area contributed by atoms with Gasteiger partial charge in [-0.2, -0.15) is 4.98 Å².